The van der Waals surface area contributed by atoms with E-state index in [0.717, 1.165) is 0 Å². The number of carbonyl (C=O) groups is 1. The van der Waals surface area contributed by atoms with Crippen molar-refractivity contribution in [3.05, 3.63) is 6.07 Å². The van der Waals surface area contributed by atoms with Gasteiger partial charge < -0.3 is 15.6 Å². The van der Waals surface area contributed by atoms with E-state index in [0.29, 0.717) is 29.3 Å². The molecule has 0 atom stereocenters. The van der Waals surface area contributed by atoms with Crippen molar-refractivity contribution >= 4 is 29.3 Å². The number of hydrogen-bond acceptors (Lipinski definition) is 7. The van der Waals surface area contributed by atoms with Gasteiger partial charge in [0, 0.05) is 19.7 Å². The number of rotatable bonds is 7. The number of amides is 1. The Bertz CT molecular complexity index is 431. The number of hydrazine groups is 1. The second kappa shape index (κ2) is 7.91. The lowest BCUT2D eigenvalue weighted by molar-refractivity contribution is -0.119. The molecule has 0 unspecified atom stereocenters. The highest BCUT2D eigenvalue weighted by Crippen LogP contribution is 2.18. The zero-order valence-corrected chi connectivity index (χ0v) is 13.1. The lowest BCUT2D eigenvalue weighted by Crippen LogP contribution is -2.37. The monoisotopic (exact) mass is 298 g/mol. The van der Waals surface area contributed by atoms with E-state index in [1.54, 1.807) is 11.0 Å². The molecule has 1 aromatic heterocycles. The Labute approximate surface area is 123 Å². The molecule has 1 rings (SSSR count). The Morgan fingerprint density at radius 3 is 2.75 bits per heavy atom. The van der Waals surface area contributed by atoms with Crippen LogP contribution in [-0.4, -0.2) is 42.3 Å². The molecular formula is C12H22N6OS. The van der Waals surface area contributed by atoms with Crippen molar-refractivity contribution < 1.29 is 4.79 Å². The van der Waals surface area contributed by atoms with Crippen molar-refractivity contribution in [2.45, 2.75) is 19.0 Å². The Morgan fingerprint density at radius 1 is 1.50 bits per heavy atom. The first kappa shape index (κ1) is 16.5. The number of aromatic nitrogens is 2. The van der Waals surface area contributed by atoms with Crippen molar-refractivity contribution in [3.8, 4) is 0 Å². The highest BCUT2D eigenvalue weighted by molar-refractivity contribution is 7.98. The fourth-order valence-corrected chi connectivity index (χ4v) is 1.82. The molecular weight excluding hydrogens is 276 g/mol. The first-order valence-corrected chi connectivity index (χ1v) is 7.56. The molecule has 112 valence electrons. The zero-order chi connectivity index (χ0) is 15.1. The molecule has 7 nitrogen and oxygen atoms in total. The second-order valence-corrected chi connectivity index (χ2v) is 5.57. The minimum absolute atomic E-state index is 0.0345. The van der Waals surface area contributed by atoms with Gasteiger partial charge in [0.15, 0.2) is 5.16 Å². The molecule has 1 aromatic rings. The highest BCUT2D eigenvalue weighted by atomic mass is 32.2. The topological polar surface area (TPSA) is 96.2 Å². The molecule has 8 heteroatoms. The fraction of sp³-hybridized carbons (Fsp3) is 0.583. The quantitative estimate of drug-likeness (QED) is 0.295. The lowest BCUT2D eigenvalue weighted by Gasteiger charge is -2.19. The van der Waals surface area contributed by atoms with Gasteiger partial charge in [-0.1, -0.05) is 25.6 Å². The molecule has 0 radical (unpaired) electrons. The van der Waals surface area contributed by atoms with Gasteiger partial charge in [-0.3, -0.25) is 4.79 Å². The van der Waals surface area contributed by atoms with Crippen LogP contribution in [0.5, 0.6) is 0 Å². The molecule has 1 amide bonds. The summed E-state index contributed by atoms with van der Waals surface area (Å²) < 4.78 is 0. The van der Waals surface area contributed by atoms with Crippen LogP contribution >= 0.6 is 11.8 Å². The van der Waals surface area contributed by atoms with Crippen LogP contribution in [0, 0.1) is 5.92 Å². The maximum atomic E-state index is 11.8. The van der Waals surface area contributed by atoms with Crippen LogP contribution in [0.3, 0.4) is 0 Å². The summed E-state index contributed by atoms with van der Waals surface area (Å²) in [7, 11) is 1.81. The Morgan fingerprint density at radius 2 is 2.20 bits per heavy atom. The highest BCUT2D eigenvalue weighted by Gasteiger charge is 2.11. The first-order valence-electron chi connectivity index (χ1n) is 6.33. The zero-order valence-electron chi connectivity index (χ0n) is 12.3. The normalized spacial score (nSPS) is 10.5. The maximum absolute atomic E-state index is 11.8. The van der Waals surface area contributed by atoms with Gasteiger partial charge in [-0.25, -0.2) is 15.8 Å². The van der Waals surface area contributed by atoms with E-state index in [-0.39, 0.29) is 12.5 Å². The number of nitrogen functional groups attached to an aromatic ring is 1. The summed E-state index contributed by atoms with van der Waals surface area (Å²) in [5.74, 6) is 6.94. The third kappa shape index (κ3) is 5.22. The maximum Gasteiger partial charge on any atom is 0.239 e. The van der Waals surface area contributed by atoms with Crippen molar-refractivity contribution in [2.24, 2.45) is 11.8 Å². The summed E-state index contributed by atoms with van der Waals surface area (Å²) in [6, 6.07) is 1.70. The van der Waals surface area contributed by atoms with Crippen LogP contribution in [0.25, 0.3) is 0 Å². The Kier molecular flexibility index (Phi) is 6.53. The lowest BCUT2D eigenvalue weighted by atomic mass is 10.2. The van der Waals surface area contributed by atoms with Gasteiger partial charge in [0.2, 0.25) is 5.91 Å². The average Bonchev–Trinajstić information content (AvgIpc) is 2.44. The van der Waals surface area contributed by atoms with Gasteiger partial charge >= 0.3 is 0 Å². The van der Waals surface area contributed by atoms with E-state index in [4.69, 9.17) is 5.84 Å². The molecule has 0 aliphatic carbocycles. The second-order valence-electron chi connectivity index (χ2n) is 4.80. The summed E-state index contributed by atoms with van der Waals surface area (Å²) >= 11 is 1.42. The van der Waals surface area contributed by atoms with Crippen LogP contribution in [-0.2, 0) is 4.79 Å². The summed E-state index contributed by atoms with van der Waals surface area (Å²) in [6.07, 6.45) is 1.88. The van der Waals surface area contributed by atoms with E-state index in [9.17, 15) is 4.79 Å². The molecule has 0 aliphatic rings. The van der Waals surface area contributed by atoms with Gasteiger partial charge in [0.05, 0.1) is 6.54 Å². The molecule has 4 N–H and O–H groups in total. The molecule has 0 bridgehead atoms. The summed E-state index contributed by atoms with van der Waals surface area (Å²) in [4.78, 5) is 22.1. The Hall–Kier alpha value is -1.54. The van der Waals surface area contributed by atoms with Crippen LogP contribution in [0.4, 0.5) is 11.6 Å². The molecule has 0 spiro atoms. The summed E-state index contributed by atoms with van der Waals surface area (Å²) in [5, 5.41) is 3.47. The number of nitrogens with zero attached hydrogens (tertiary/aromatic N) is 3. The summed E-state index contributed by atoms with van der Waals surface area (Å²) in [6.45, 7) is 5.01. The third-order valence-electron chi connectivity index (χ3n) is 2.50. The van der Waals surface area contributed by atoms with Crippen LogP contribution in [0.15, 0.2) is 11.2 Å². The minimum atomic E-state index is -0.0345. The molecule has 0 fully saturated rings. The first-order chi connectivity index (χ1) is 9.46. The standard InChI is InChI=1S/C12H22N6OS/c1-8(2)6-14-11(19)7-18(3)10-5-9(17-13)15-12(16-10)20-4/h5,8H,6-7,13H2,1-4H3,(H,14,19)(H,15,16,17). The molecule has 0 saturated heterocycles. The van der Waals surface area contributed by atoms with Crippen LogP contribution in [0.2, 0.25) is 0 Å². The molecule has 20 heavy (non-hydrogen) atoms. The van der Waals surface area contributed by atoms with Gasteiger partial charge in [0.1, 0.15) is 11.6 Å². The number of carbonyl (C=O) groups excluding carboxylic acids is 1. The van der Waals surface area contributed by atoms with Crippen molar-refractivity contribution in [3.63, 3.8) is 0 Å². The summed E-state index contributed by atoms with van der Waals surface area (Å²) in [5.41, 5.74) is 2.50. The van der Waals surface area contributed by atoms with E-state index in [1.807, 2.05) is 13.3 Å². The van der Waals surface area contributed by atoms with Gasteiger partial charge in [-0.05, 0) is 12.2 Å². The number of thioether (sulfide) groups is 1. The van der Waals surface area contributed by atoms with Crippen molar-refractivity contribution in [1.29, 1.82) is 0 Å². The van der Waals surface area contributed by atoms with Gasteiger partial charge in [-0.2, -0.15) is 0 Å². The molecule has 0 aliphatic heterocycles. The third-order valence-corrected chi connectivity index (χ3v) is 3.05. The number of hydrogen-bond donors (Lipinski definition) is 3. The van der Waals surface area contributed by atoms with E-state index >= 15 is 0 Å². The number of likely N-dealkylation sites (N-methyl/N-ethyl adjacent to an activating group) is 1. The van der Waals surface area contributed by atoms with Gasteiger partial charge in [-0.15, -0.1) is 0 Å². The SMILES string of the molecule is CSc1nc(NN)cc(N(C)CC(=O)NCC(C)C)n1. The Balaban J connectivity index is 2.71. The van der Waals surface area contributed by atoms with Crippen molar-refractivity contribution in [2.75, 3.05) is 36.7 Å². The van der Waals surface area contributed by atoms with Gasteiger partial charge in [0.25, 0.3) is 0 Å². The van der Waals surface area contributed by atoms with Crippen LogP contribution in [0.1, 0.15) is 13.8 Å². The predicted molar refractivity (Wildman–Crippen MR) is 82.7 cm³/mol. The van der Waals surface area contributed by atoms with E-state index in [1.165, 1.54) is 11.8 Å². The number of nitrogens with two attached hydrogens (primary N) is 1. The average molecular weight is 298 g/mol. The minimum Gasteiger partial charge on any atom is -0.354 e. The molecule has 0 aromatic carbocycles. The van der Waals surface area contributed by atoms with Crippen LogP contribution < -0.4 is 21.5 Å². The smallest absolute Gasteiger partial charge is 0.239 e. The number of nitrogens with one attached hydrogen (secondary N) is 2. The van der Waals surface area contributed by atoms with E-state index < -0.39 is 0 Å². The largest absolute Gasteiger partial charge is 0.354 e. The molecule has 1 heterocycles. The molecule has 0 saturated carbocycles. The van der Waals surface area contributed by atoms with E-state index in [2.05, 4.69) is 34.6 Å². The fourth-order valence-electron chi connectivity index (χ4n) is 1.44. The van der Waals surface area contributed by atoms with Crippen molar-refractivity contribution in [1.82, 2.24) is 15.3 Å². The predicted octanol–water partition coefficient (Wildman–Crippen LogP) is 0.693. The number of anilines is 2.